The molecule has 4 nitrogen and oxygen atoms in total. The van der Waals surface area contributed by atoms with Crippen LogP contribution in [0, 0.1) is 0 Å². The second kappa shape index (κ2) is 5.27. The zero-order valence-electron chi connectivity index (χ0n) is 9.65. The number of rotatable bonds is 4. The molecule has 2 N–H and O–H groups in total. The molecule has 2 unspecified atom stereocenters. The van der Waals surface area contributed by atoms with E-state index >= 15 is 0 Å². The Balaban J connectivity index is 2.41. The Morgan fingerprint density at radius 2 is 1.93 bits per heavy atom. The van der Waals surface area contributed by atoms with E-state index in [-0.39, 0.29) is 11.8 Å². The lowest BCUT2D eigenvalue weighted by molar-refractivity contribution is 0.177. The first kappa shape index (κ1) is 12.9. The molecule has 15 heavy (non-hydrogen) atoms. The summed E-state index contributed by atoms with van der Waals surface area (Å²) >= 11 is 0. The minimum absolute atomic E-state index is 0.211. The summed E-state index contributed by atoms with van der Waals surface area (Å²) in [6, 6.07) is 0.573. The van der Waals surface area contributed by atoms with E-state index in [1.54, 1.807) is 0 Å². The van der Waals surface area contributed by atoms with Crippen LogP contribution in [-0.2, 0) is 9.84 Å². The molecule has 0 bridgehead atoms. The van der Waals surface area contributed by atoms with Gasteiger partial charge in [0.25, 0.3) is 0 Å². The van der Waals surface area contributed by atoms with E-state index in [2.05, 4.69) is 4.90 Å². The molecule has 1 fully saturated rings. The van der Waals surface area contributed by atoms with Crippen molar-refractivity contribution in [3.8, 4) is 0 Å². The zero-order chi connectivity index (χ0) is 11.5. The quantitative estimate of drug-likeness (QED) is 0.756. The Morgan fingerprint density at radius 1 is 1.33 bits per heavy atom. The zero-order valence-corrected chi connectivity index (χ0v) is 10.5. The largest absolute Gasteiger partial charge is 0.326 e. The van der Waals surface area contributed by atoms with Crippen molar-refractivity contribution < 1.29 is 8.42 Å². The summed E-state index contributed by atoms with van der Waals surface area (Å²) < 4.78 is 22.1. The monoisotopic (exact) mass is 234 g/mol. The predicted octanol–water partition coefficient (Wildman–Crippen LogP) is 0.233. The molecule has 0 spiro atoms. The van der Waals surface area contributed by atoms with Crippen LogP contribution in [0.15, 0.2) is 0 Å². The molecule has 0 aromatic carbocycles. The Hall–Kier alpha value is -0.130. The number of nitrogens with zero attached hydrogens (tertiary/aromatic N) is 1. The average molecular weight is 234 g/mol. The van der Waals surface area contributed by atoms with Crippen LogP contribution in [0.2, 0.25) is 0 Å². The first-order valence-electron chi connectivity index (χ1n) is 5.54. The van der Waals surface area contributed by atoms with Crippen molar-refractivity contribution in [2.45, 2.75) is 37.8 Å². The first-order chi connectivity index (χ1) is 6.90. The van der Waals surface area contributed by atoms with E-state index in [1.165, 1.54) is 19.1 Å². The smallest absolute Gasteiger partial charge is 0.148 e. The standard InChI is InChI=1S/C10H22N2O2S/c1-12(7-8-15(2,13)14)10-6-4-3-5-9(10)11/h9-10H,3-8,11H2,1-2H3. The number of hydrogen-bond acceptors (Lipinski definition) is 4. The highest BCUT2D eigenvalue weighted by molar-refractivity contribution is 7.90. The summed E-state index contributed by atoms with van der Waals surface area (Å²) in [7, 11) is -0.885. The molecule has 0 aliphatic heterocycles. The first-order valence-corrected chi connectivity index (χ1v) is 7.60. The average Bonchev–Trinajstić information content (AvgIpc) is 2.14. The highest BCUT2D eigenvalue weighted by Gasteiger charge is 2.25. The van der Waals surface area contributed by atoms with E-state index in [0.717, 1.165) is 12.8 Å². The maximum atomic E-state index is 11.0. The van der Waals surface area contributed by atoms with Crippen molar-refractivity contribution in [2.24, 2.45) is 5.73 Å². The Bertz CT molecular complexity index is 290. The van der Waals surface area contributed by atoms with Crippen LogP contribution in [0.5, 0.6) is 0 Å². The van der Waals surface area contributed by atoms with Gasteiger partial charge in [0.05, 0.1) is 5.75 Å². The van der Waals surface area contributed by atoms with Crippen LogP contribution < -0.4 is 5.73 Å². The molecule has 0 aromatic heterocycles. The number of likely N-dealkylation sites (N-methyl/N-ethyl adjacent to an activating group) is 1. The van der Waals surface area contributed by atoms with Gasteiger partial charge in [0.15, 0.2) is 0 Å². The lowest BCUT2D eigenvalue weighted by atomic mass is 9.90. The lowest BCUT2D eigenvalue weighted by Crippen LogP contribution is -2.49. The van der Waals surface area contributed by atoms with Gasteiger partial charge in [-0.2, -0.15) is 0 Å². The van der Waals surface area contributed by atoms with Gasteiger partial charge >= 0.3 is 0 Å². The van der Waals surface area contributed by atoms with Gasteiger partial charge in [-0.25, -0.2) is 8.42 Å². The molecule has 1 rings (SSSR count). The van der Waals surface area contributed by atoms with Crippen LogP contribution >= 0.6 is 0 Å². The van der Waals surface area contributed by atoms with Crippen molar-refractivity contribution >= 4 is 9.84 Å². The Kier molecular flexibility index (Phi) is 4.55. The van der Waals surface area contributed by atoms with Gasteiger partial charge in [-0.05, 0) is 19.9 Å². The van der Waals surface area contributed by atoms with Crippen molar-refractivity contribution in [1.82, 2.24) is 4.90 Å². The van der Waals surface area contributed by atoms with Crippen molar-refractivity contribution in [3.63, 3.8) is 0 Å². The highest BCUT2D eigenvalue weighted by Crippen LogP contribution is 2.20. The van der Waals surface area contributed by atoms with Crippen LogP contribution in [0.25, 0.3) is 0 Å². The van der Waals surface area contributed by atoms with Crippen LogP contribution in [-0.4, -0.2) is 51.0 Å². The summed E-state index contributed by atoms with van der Waals surface area (Å²) in [6.45, 7) is 0.594. The van der Waals surface area contributed by atoms with E-state index in [1.807, 2.05) is 7.05 Å². The predicted molar refractivity (Wildman–Crippen MR) is 62.6 cm³/mol. The topological polar surface area (TPSA) is 63.4 Å². The second-order valence-corrected chi connectivity index (χ2v) is 6.89. The van der Waals surface area contributed by atoms with Crippen LogP contribution in [0.3, 0.4) is 0 Å². The summed E-state index contributed by atoms with van der Waals surface area (Å²) in [4.78, 5) is 2.10. The molecule has 2 atom stereocenters. The highest BCUT2D eigenvalue weighted by atomic mass is 32.2. The molecule has 0 saturated heterocycles. The number of nitrogens with two attached hydrogens (primary N) is 1. The minimum Gasteiger partial charge on any atom is -0.326 e. The number of sulfone groups is 1. The van der Waals surface area contributed by atoms with E-state index < -0.39 is 9.84 Å². The third kappa shape index (κ3) is 4.49. The van der Waals surface area contributed by atoms with E-state index in [4.69, 9.17) is 5.73 Å². The third-order valence-electron chi connectivity index (χ3n) is 3.16. The van der Waals surface area contributed by atoms with Crippen molar-refractivity contribution in [1.29, 1.82) is 0 Å². The second-order valence-electron chi connectivity index (χ2n) is 4.63. The molecule has 0 heterocycles. The molecule has 90 valence electrons. The van der Waals surface area contributed by atoms with Gasteiger partial charge in [0.1, 0.15) is 9.84 Å². The van der Waals surface area contributed by atoms with Gasteiger partial charge in [0, 0.05) is 24.9 Å². The Labute approximate surface area is 92.7 Å². The minimum atomic E-state index is -2.86. The molecular formula is C10H22N2O2S. The maximum Gasteiger partial charge on any atom is 0.148 e. The molecule has 5 heteroatoms. The summed E-state index contributed by atoms with van der Waals surface area (Å²) in [5.74, 6) is 0.229. The summed E-state index contributed by atoms with van der Waals surface area (Å²) in [5.41, 5.74) is 6.03. The van der Waals surface area contributed by atoms with Crippen LogP contribution in [0.1, 0.15) is 25.7 Å². The SMILES string of the molecule is CN(CCS(C)(=O)=O)C1CCCCC1N. The molecule has 1 aliphatic rings. The van der Waals surface area contributed by atoms with Crippen LogP contribution in [0.4, 0.5) is 0 Å². The fourth-order valence-electron chi connectivity index (χ4n) is 2.16. The van der Waals surface area contributed by atoms with Gasteiger partial charge in [-0.1, -0.05) is 12.8 Å². The Morgan fingerprint density at radius 3 is 2.47 bits per heavy atom. The fourth-order valence-corrected chi connectivity index (χ4v) is 2.78. The van der Waals surface area contributed by atoms with E-state index in [9.17, 15) is 8.42 Å². The third-order valence-corrected chi connectivity index (χ3v) is 4.09. The molecule has 1 aliphatic carbocycles. The number of hydrogen-bond donors (Lipinski definition) is 1. The molecular weight excluding hydrogens is 212 g/mol. The lowest BCUT2D eigenvalue weighted by Gasteiger charge is -2.35. The van der Waals surface area contributed by atoms with Gasteiger partial charge in [-0.15, -0.1) is 0 Å². The summed E-state index contributed by atoms with van der Waals surface area (Å²) in [5, 5.41) is 0. The molecule has 0 radical (unpaired) electrons. The van der Waals surface area contributed by atoms with Crippen molar-refractivity contribution in [2.75, 3.05) is 25.6 Å². The molecule has 0 aromatic rings. The van der Waals surface area contributed by atoms with E-state index in [0.29, 0.717) is 12.6 Å². The van der Waals surface area contributed by atoms with Gasteiger partial charge < -0.3 is 10.6 Å². The normalized spacial score (nSPS) is 28.3. The molecule has 1 saturated carbocycles. The molecule has 0 amide bonds. The maximum absolute atomic E-state index is 11.0. The van der Waals surface area contributed by atoms with Gasteiger partial charge in [-0.3, -0.25) is 0 Å². The van der Waals surface area contributed by atoms with Crippen molar-refractivity contribution in [3.05, 3.63) is 0 Å². The summed E-state index contributed by atoms with van der Waals surface area (Å²) in [6.07, 6.45) is 5.86. The van der Waals surface area contributed by atoms with Gasteiger partial charge in [0.2, 0.25) is 0 Å². The fraction of sp³-hybridized carbons (Fsp3) is 1.00.